The summed E-state index contributed by atoms with van der Waals surface area (Å²) in [5, 5.41) is 8.84. The smallest absolute Gasteiger partial charge is 0.308 e. The van der Waals surface area contributed by atoms with Crippen LogP contribution >= 0.6 is 15.9 Å². The lowest BCUT2D eigenvalue weighted by Crippen LogP contribution is -2.26. The molecule has 0 spiro atoms. The van der Waals surface area contributed by atoms with Crippen LogP contribution < -0.4 is 0 Å². The third kappa shape index (κ3) is 1.48. The predicted octanol–water partition coefficient (Wildman–Crippen LogP) is 1.29. The van der Waals surface area contributed by atoms with Gasteiger partial charge in [-0.05, 0) is 22.4 Å². The van der Waals surface area contributed by atoms with E-state index < -0.39 is 5.97 Å². The maximum absolute atomic E-state index is 10.7. The zero-order valence-corrected chi connectivity index (χ0v) is 8.49. The topological polar surface area (TPSA) is 55.1 Å². The molecule has 1 aliphatic heterocycles. The standard InChI is InChI=1S/C8H9BrN2O2/c9-6-3-10-7-2-1-5(8(12)13)4-11(6)7/h3,5H,1-2,4H2,(H,12,13). The number of carboxylic acids is 1. The number of carboxylic acid groups (broad SMARTS) is 1. The van der Waals surface area contributed by atoms with Crippen molar-refractivity contribution in [3.05, 3.63) is 16.6 Å². The van der Waals surface area contributed by atoms with Gasteiger partial charge in [-0.3, -0.25) is 4.79 Å². The SMILES string of the molecule is O=C(O)C1CCc2ncc(Br)n2C1. The Morgan fingerprint density at radius 3 is 3.23 bits per heavy atom. The molecule has 0 amide bonds. The van der Waals surface area contributed by atoms with Gasteiger partial charge >= 0.3 is 5.97 Å². The molecular formula is C8H9BrN2O2. The van der Waals surface area contributed by atoms with E-state index in [9.17, 15) is 4.79 Å². The fourth-order valence-electron chi connectivity index (χ4n) is 1.60. The van der Waals surface area contributed by atoms with Gasteiger partial charge in [-0.2, -0.15) is 0 Å². The number of aryl methyl sites for hydroxylation is 1. The van der Waals surface area contributed by atoms with Crippen molar-refractivity contribution in [3.63, 3.8) is 0 Å². The van der Waals surface area contributed by atoms with Crippen LogP contribution in [-0.2, 0) is 17.8 Å². The van der Waals surface area contributed by atoms with Crippen molar-refractivity contribution in [3.8, 4) is 0 Å². The van der Waals surface area contributed by atoms with Crippen LogP contribution in [0.1, 0.15) is 12.2 Å². The molecule has 70 valence electrons. The summed E-state index contributed by atoms with van der Waals surface area (Å²) in [6.45, 7) is 0.533. The molecule has 5 heteroatoms. The van der Waals surface area contributed by atoms with E-state index in [1.165, 1.54) is 0 Å². The molecule has 1 aromatic heterocycles. The second-order valence-electron chi connectivity index (χ2n) is 3.18. The summed E-state index contributed by atoms with van der Waals surface area (Å²) in [4.78, 5) is 14.9. The van der Waals surface area contributed by atoms with Crippen LogP contribution in [0, 0.1) is 5.92 Å². The molecule has 1 unspecified atom stereocenters. The number of imidazole rings is 1. The zero-order chi connectivity index (χ0) is 9.42. The summed E-state index contributed by atoms with van der Waals surface area (Å²) in [6, 6.07) is 0. The second-order valence-corrected chi connectivity index (χ2v) is 3.99. The largest absolute Gasteiger partial charge is 0.481 e. The van der Waals surface area contributed by atoms with Gasteiger partial charge in [0.2, 0.25) is 0 Å². The van der Waals surface area contributed by atoms with Crippen molar-refractivity contribution in [1.29, 1.82) is 0 Å². The minimum Gasteiger partial charge on any atom is -0.481 e. The Morgan fingerprint density at radius 1 is 1.77 bits per heavy atom. The molecule has 0 radical (unpaired) electrons. The van der Waals surface area contributed by atoms with Crippen molar-refractivity contribution in [2.24, 2.45) is 5.92 Å². The highest BCUT2D eigenvalue weighted by atomic mass is 79.9. The van der Waals surface area contributed by atoms with Crippen LogP contribution in [-0.4, -0.2) is 20.6 Å². The molecule has 2 rings (SSSR count). The van der Waals surface area contributed by atoms with Gasteiger partial charge in [-0.25, -0.2) is 4.98 Å². The Hall–Kier alpha value is -0.840. The van der Waals surface area contributed by atoms with E-state index in [2.05, 4.69) is 20.9 Å². The van der Waals surface area contributed by atoms with E-state index in [-0.39, 0.29) is 5.92 Å². The Morgan fingerprint density at radius 2 is 2.54 bits per heavy atom. The van der Waals surface area contributed by atoms with Crippen molar-refractivity contribution in [2.45, 2.75) is 19.4 Å². The number of hydrogen-bond donors (Lipinski definition) is 1. The lowest BCUT2D eigenvalue weighted by molar-refractivity contribution is -0.142. The van der Waals surface area contributed by atoms with Crippen molar-refractivity contribution < 1.29 is 9.90 Å². The third-order valence-electron chi connectivity index (χ3n) is 2.36. The van der Waals surface area contributed by atoms with Gasteiger partial charge in [0.15, 0.2) is 0 Å². The van der Waals surface area contributed by atoms with Gasteiger partial charge < -0.3 is 9.67 Å². The first-order valence-corrected chi connectivity index (χ1v) is 4.90. The summed E-state index contributed by atoms with van der Waals surface area (Å²) >= 11 is 3.34. The first kappa shape index (κ1) is 8.74. The molecule has 0 aromatic carbocycles. The molecule has 4 nitrogen and oxygen atoms in total. The van der Waals surface area contributed by atoms with E-state index >= 15 is 0 Å². The Bertz CT molecular complexity index is 348. The number of nitrogens with zero attached hydrogens (tertiary/aromatic N) is 2. The zero-order valence-electron chi connectivity index (χ0n) is 6.90. The quantitative estimate of drug-likeness (QED) is 0.811. The highest BCUT2D eigenvalue weighted by molar-refractivity contribution is 9.10. The number of aromatic nitrogens is 2. The van der Waals surface area contributed by atoms with Crippen LogP contribution in [0.3, 0.4) is 0 Å². The van der Waals surface area contributed by atoms with Gasteiger partial charge in [0, 0.05) is 13.0 Å². The first-order valence-electron chi connectivity index (χ1n) is 4.11. The van der Waals surface area contributed by atoms with Gasteiger partial charge in [0.05, 0.1) is 12.1 Å². The minimum absolute atomic E-state index is 0.266. The fourth-order valence-corrected chi connectivity index (χ4v) is 2.05. The number of aliphatic carboxylic acids is 1. The van der Waals surface area contributed by atoms with E-state index in [0.29, 0.717) is 13.0 Å². The van der Waals surface area contributed by atoms with Crippen LogP contribution in [0.2, 0.25) is 0 Å². The van der Waals surface area contributed by atoms with Gasteiger partial charge in [0.1, 0.15) is 10.4 Å². The molecule has 0 bridgehead atoms. The third-order valence-corrected chi connectivity index (χ3v) is 2.99. The number of halogens is 1. The molecule has 1 N–H and O–H groups in total. The van der Waals surface area contributed by atoms with E-state index in [4.69, 9.17) is 5.11 Å². The van der Waals surface area contributed by atoms with Gasteiger partial charge in [0.25, 0.3) is 0 Å². The lowest BCUT2D eigenvalue weighted by Gasteiger charge is -2.20. The number of rotatable bonds is 1. The average Bonchev–Trinajstić information content (AvgIpc) is 2.47. The molecule has 0 fully saturated rings. The summed E-state index contributed by atoms with van der Waals surface area (Å²) in [5.41, 5.74) is 0. The second kappa shape index (κ2) is 3.14. The normalized spacial score (nSPS) is 21.2. The van der Waals surface area contributed by atoms with E-state index in [1.54, 1.807) is 6.20 Å². The molecule has 0 aliphatic carbocycles. The Kier molecular flexibility index (Phi) is 2.11. The number of fused-ring (bicyclic) bond motifs is 1. The highest BCUT2D eigenvalue weighted by Gasteiger charge is 2.25. The highest BCUT2D eigenvalue weighted by Crippen LogP contribution is 2.23. The first-order chi connectivity index (χ1) is 6.18. The molecule has 1 aromatic rings. The number of carbonyl (C=O) groups is 1. The van der Waals surface area contributed by atoms with Crippen molar-refractivity contribution in [2.75, 3.05) is 0 Å². The van der Waals surface area contributed by atoms with Gasteiger partial charge in [-0.15, -0.1) is 0 Å². The molecule has 1 aliphatic rings. The summed E-state index contributed by atoms with van der Waals surface area (Å²) in [7, 11) is 0. The van der Waals surface area contributed by atoms with Crippen LogP contribution in [0.4, 0.5) is 0 Å². The van der Waals surface area contributed by atoms with Crippen molar-refractivity contribution in [1.82, 2.24) is 9.55 Å². The number of hydrogen-bond acceptors (Lipinski definition) is 2. The summed E-state index contributed by atoms with van der Waals surface area (Å²) in [5.74, 6) is -0.00590. The molecule has 0 saturated heterocycles. The Balaban J connectivity index is 2.27. The molecule has 13 heavy (non-hydrogen) atoms. The maximum Gasteiger partial charge on any atom is 0.308 e. The van der Waals surface area contributed by atoms with Crippen molar-refractivity contribution >= 4 is 21.9 Å². The van der Waals surface area contributed by atoms with Crippen LogP contribution in [0.25, 0.3) is 0 Å². The summed E-state index contributed by atoms with van der Waals surface area (Å²) in [6.07, 6.45) is 3.17. The Labute approximate surface area is 83.7 Å². The molecule has 0 saturated carbocycles. The monoisotopic (exact) mass is 244 g/mol. The van der Waals surface area contributed by atoms with Crippen LogP contribution in [0.15, 0.2) is 10.8 Å². The molecule has 1 atom stereocenters. The summed E-state index contributed by atoms with van der Waals surface area (Å²) < 4.78 is 2.79. The lowest BCUT2D eigenvalue weighted by atomic mass is 10.00. The minimum atomic E-state index is -0.716. The maximum atomic E-state index is 10.7. The van der Waals surface area contributed by atoms with E-state index in [0.717, 1.165) is 16.8 Å². The average molecular weight is 245 g/mol. The van der Waals surface area contributed by atoms with Crippen LogP contribution in [0.5, 0.6) is 0 Å². The predicted molar refractivity (Wildman–Crippen MR) is 49.4 cm³/mol. The van der Waals surface area contributed by atoms with Gasteiger partial charge in [-0.1, -0.05) is 0 Å². The molecular weight excluding hydrogens is 236 g/mol. The molecule has 2 heterocycles. The van der Waals surface area contributed by atoms with E-state index in [1.807, 2.05) is 4.57 Å². The fraction of sp³-hybridized carbons (Fsp3) is 0.500.